The molecule has 6 heteroatoms. The first-order valence-electron chi connectivity index (χ1n) is 5.25. The predicted molar refractivity (Wildman–Crippen MR) is 64.1 cm³/mol. The predicted octanol–water partition coefficient (Wildman–Crippen LogP) is 3.13. The SMILES string of the molecule is C[Si](C)(C)c1c(C(F)(F)F)cnc2[nH]ccc12. The number of nitrogens with one attached hydrogen (secondary N) is 1. The number of aromatic amines is 1. The second-order valence-electron chi connectivity index (χ2n) is 5.03. The number of hydrogen-bond donors (Lipinski definition) is 1. The summed E-state index contributed by atoms with van der Waals surface area (Å²) >= 11 is 0. The second kappa shape index (κ2) is 3.59. The van der Waals surface area contributed by atoms with Gasteiger partial charge >= 0.3 is 6.18 Å². The fourth-order valence-corrected chi connectivity index (χ4v) is 4.05. The molecule has 0 aliphatic heterocycles. The van der Waals surface area contributed by atoms with Crippen LogP contribution in [-0.4, -0.2) is 18.0 Å². The lowest BCUT2D eigenvalue weighted by Crippen LogP contribution is -2.43. The summed E-state index contributed by atoms with van der Waals surface area (Å²) in [5.74, 6) is 0. The molecule has 1 N–H and O–H groups in total. The molecule has 2 nitrogen and oxygen atoms in total. The van der Waals surface area contributed by atoms with E-state index in [1.165, 1.54) is 0 Å². The Morgan fingerprint density at radius 3 is 2.41 bits per heavy atom. The van der Waals surface area contributed by atoms with E-state index >= 15 is 0 Å². The van der Waals surface area contributed by atoms with Gasteiger partial charge in [0, 0.05) is 17.8 Å². The Kier molecular flexibility index (Phi) is 2.57. The van der Waals surface area contributed by atoms with Crippen molar-refractivity contribution >= 4 is 24.3 Å². The fraction of sp³-hybridized carbons (Fsp3) is 0.364. The number of aromatic nitrogens is 2. The Morgan fingerprint density at radius 1 is 1.24 bits per heavy atom. The normalized spacial score (nSPS) is 13.3. The van der Waals surface area contributed by atoms with E-state index in [4.69, 9.17) is 0 Å². The van der Waals surface area contributed by atoms with E-state index in [1.807, 2.05) is 19.6 Å². The third-order valence-corrected chi connectivity index (χ3v) is 4.68. The van der Waals surface area contributed by atoms with Crippen LogP contribution in [0.25, 0.3) is 11.0 Å². The second-order valence-corrected chi connectivity index (χ2v) is 10.0. The van der Waals surface area contributed by atoms with Crippen molar-refractivity contribution < 1.29 is 13.2 Å². The first-order chi connectivity index (χ1) is 7.71. The highest BCUT2D eigenvalue weighted by Crippen LogP contribution is 2.30. The van der Waals surface area contributed by atoms with Gasteiger partial charge in [0.25, 0.3) is 0 Å². The molecule has 0 saturated heterocycles. The number of nitrogens with zero attached hydrogens (tertiary/aromatic N) is 1. The van der Waals surface area contributed by atoms with Crippen LogP contribution in [0.4, 0.5) is 13.2 Å². The van der Waals surface area contributed by atoms with Crippen molar-refractivity contribution in [2.24, 2.45) is 0 Å². The van der Waals surface area contributed by atoms with Crippen LogP contribution in [0.1, 0.15) is 5.56 Å². The van der Waals surface area contributed by atoms with Gasteiger partial charge in [0.2, 0.25) is 0 Å². The molecule has 0 unspecified atom stereocenters. The number of alkyl halides is 3. The van der Waals surface area contributed by atoms with Crippen LogP contribution in [0.5, 0.6) is 0 Å². The molecule has 0 aliphatic carbocycles. The van der Waals surface area contributed by atoms with E-state index in [2.05, 4.69) is 9.97 Å². The molecular formula is C11H13F3N2Si. The molecule has 0 atom stereocenters. The maximum absolute atomic E-state index is 13.0. The highest BCUT2D eigenvalue weighted by Gasteiger charge is 2.38. The first kappa shape index (κ1) is 12.2. The van der Waals surface area contributed by atoms with E-state index in [1.54, 1.807) is 12.3 Å². The third-order valence-electron chi connectivity index (χ3n) is 2.64. The van der Waals surface area contributed by atoms with Gasteiger partial charge in [-0.15, -0.1) is 0 Å². The van der Waals surface area contributed by atoms with Gasteiger partial charge in [0.15, 0.2) is 0 Å². The van der Waals surface area contributed by atoms with Crippen LogP contribution < -0.4 is 5.19 Å². The molecule has 2 aromatic rings. The molecule has 2 heterocycles. The number of rotatable bonds is 1. The number of H-pyrrole nitrogens is 1. The van der Waals surface area contributed by atoms with Crippen molar-refractivity contribution in [3.05, 3.63) is 24.0 Å². The minimum Gasteiger partial charge on any atom is -0.346 e. The van der Waals surface area contributed by atoms with Gasteiger partial charge in [-0.3, -0.25) is 0 Å². The van der Waals surface area contributed by atoms with Gasteiger partial charge in [0.05, 0.1) is 13.6 Å². The molecule has 0 aromatic carbocycles. The topological polar surface area (TPSA) is 28.7 Å². The standard InChI is InChI=1S/C11H13F3N2Si/c1-17(2,3)9-7-4-5-15-10(7)16-6-8(9)11(12,13)14/h4-6H,1-3H3,(H,15,16). The number of hydrogen-bond acceptors (Lipinski definition) is 1. The Balaban J connectivity index is 2.85. The highest BCUT2D eigenvalue weighted by molar-refractivity contribution is 6.90. The molecule has 0 fully saturated rings. The molecule has 0 radical (unpaired) electrons. The quantitative estimate of drug-likeness (QED) is 0.782. The van der Waals surface area contributed by atoms with Gasteiger partial charge in [-0.1, -0.05) is 19.6 Å². The number of fused-ring (bicyclic) bond motifs is 1. The van der Waals surface area contributed by atoms with Crippen LogP contribution in [0.15, 0.2) is 18.5 Å². The van der Waals surface area contributed by atoms with Crippen LogP contribution in [0, 0.1) is 0 Å². The first-order valence-corrected chi connectivity index (χ1v) is 8.75. The summed E-state index contributed by atoms with van der Waals surface area (Å²) in [5.41, 5.74) is -0.0702. The average molecular weight is 258 g/mol. The number of pyridine rings is 1. The molecule has 0 spiro atoms. The molecule has 0 amide bonds. The summed E-state index contributed by atoms with van der Waals surface area (Å²) in [6.45, 7) is 5.72. The minimum absolute atomic E-state index is 0.427. The zero-order chi connectivity index (χ0) is 12.8. The molecule has 0 bridgehead atoms. The van der Waals surface area contributed by atoms with E-state index in [0.29, 0.717) is 16.2 Å². The van der Waals surface area contributed by atoms with Crippen molar-refractivity contribution in [3.8, 4) is 0 Å². The van der Waals surface area contributed by atoms with Crippen LogP contribution in [-0.2, 0) is 6.18 Å². The van der Waals surface area contributed by atoms with Gasteiger partial charge in [-0.05, 0) is 11.3 Å². The minimum atomic E-state index is -4.34. The van der Waals surface area contributed by atoms with Crippen LogP contribution >= 0.6 is 0 Å². The van der Waals surface area contributed by atoms with Crippen LogP contribution in [0.3, 0.4) is 0 Å². The van der Waals surface area contributed by atoms with E-state index < -0.39 is 19.8 Å². The molecule has 2 aromatic heterocycles. The average Bonchev–Trinajstić information content (AvgIpc) is 2.59. The lowest BCUT2D eigenvalue weighted by molar-refractivity contribution is -0.136. The largest absolute Gasteiger partial charge is 0.417 e. The van der Waals surface area contributed by atoms with Crippen molar-refractivity contribution in [1.82, 2.24) is 9.97 Å². The molecular weight excluding hydrogens is 245 g/mol. The van der Waals surface area contributed by atoms with Gasteiger partial charge in [-0.25, -0.2) is 4.98 Å². The Morgan fingerprint density at radius 2 is 1.88 bits per heavy atom. The van der Waals surface area contributed by atoms with Gasteiger partial charge in [-0.2, -0.15) is 13.2 Å². The molecule has 2 rings (SSSR count). The zero-order valence-electron chi connectivity index (χ0n) is 9.81. The zero-order valence-corrected chi connectivity index (χ0v) is 10.8. The Labute approximate surface area is 97.9 Å². The van der Waals surface area contributed by atoms with Crippen molar-refractivity contribution in [2.45, 2.75) is 25.8 Å². The van der Waals surface area contributed by atoms with Crippen molar-refractivity contribution in [3.63, 3.8) is 0 Å². The van der Waals surface area contributed by atoms with Crippen molar-refractivity contribution in [2.75, 3.05) is 0 Å². The summed E-state index contributed by atoms with van der Waals surface area (Å²) in [6.07, 6.45) is -1.78. The monoisotopic (exact) mass is 258 g/mol. The summed E-state index contributed by atoms with van der Waals surface area (Å²) in [6, 6.07) is 1.67. The Hall–Kier alpha value is -1.30. The summed E-state index contributed by atoms with van der Waals surface area (Å²) < 4.78 is 39.0. The van der Waals surface area contributed by atoms with Gasteiger partial charge in [0.1, 0.15) is 5.65 Å². The molecule has 17 heavy (non-hydrogen) atoms. The van der Waals surface area contributed by atoms with E-state index in [-0.39, 0.29) is 0 Å². The Bertz CT molecular complexity index is 552. The van der Waals surface area contributed by atoms with Gasteiger partial charge < -0.3 is 4.98 Å². The maximum Gasteiger partial charge on any atom is 0.417 e. The summed E-state index contributed by atoms with van der Waals surface area (Å²) in [7, 11) is -2.10. The van der Waals surface area contributed by atoms with E-state index in [9.17, 15) is 13.2 Å². The third kappa shape index (κ3) is 2.09. The lowest BCUT2D eigenvalue weighted by Gasteiger charge is -2.23. The molecule has 0 saturated carbocycles. The lowest BCUT2D eigenvalue weighted by atomic mass is 10.2. The van der Waals surface area contributed by atoms with E-state index in [0.717, 1.165) is 6.20 Å². The van der Waals surface area contributed by atoms with Crippen molar-refractivity contribution in [1.29, 1.82) is 0 Å². The summed E-state index contributed by atoms with van der Waals surface area (Å²) in [5, 5.41) is 1.02. The number of halogens is 3. The fourth-order valence-electron chi connectivity index (χ4n) is 2.03. The molecule has 92 valence electrons. The molecule has 0 aliphatic rings. The smallest absolute Gasteiger partial charge is 0.346 e. The maximum atomic E-state index is 13.0. The van der Waals surface area contributed by atoms with Crippen LogP contribution in [0.2, 0.25) is 19.6 Å². The summed E-state index contributed by atoms with van der Waals surface area (Å²) in [4.78, 5) is 6.68. The highest BCUT2D eigenvalue weighted by atomic mass is 28.3.